The molecule has 0 spiro atoms. The first kappa shape index (κ1) is 67.6. The summed E-state index contributed by atoms with van der Waals surface area (Å²) in [5.74, 6) is 0.671. The van der Waals surface area contributed by atoms with Crippen LogP contribution in [0.25, 0.3) is 0 Å². The van der Waals surface area contributed by atoms with E-state index in [2.05, 4.69) is 48.9 Å². The average Bonchev–Trinajstić information content (AvgIpc) is 3.97. The van der Waals surface area contributed by atoms with Crippen LogP contribution in [0.5, 0.6) is 0 Å². The van der Waals surface area contributed by atoms with Gasteiger partial charge in [-0.1, -0.05) is 38.4 Å². The zero-order valence-corrected chi connectivity index (χ0v) is 42.7. The van der Waals surface area contributed by atoms with Crippen LogP contribution in [0.4, 0.5) is 0 Å². The second kappa shape index (κ2) is 41.1. The Balaban J connectivity index is 0.00000122. The lowest BCUT2D eigenvalue weighted by Crippen LogP contribution is -2.39. The quantitative estimate of drug-likeness (QED) is 0.0537. The predicted molar refractivity (Wildman–Crippen MR) is 270 cm³/mol. The molecule has 24 nitrogen and oxygen atoms in total. The molecule has 2 aromatic heterocycles. The van der Waals surface area contributed by atoms with Crippen LogP contribution in [-0.2, 0) is 93.3 Å². The number of nitrogens with one attached hydrogen (secondary N) is 1. The summed E-state index contributed by atoms with van der Waals surface area (Å²) >= 11 is 4.87. The minimum atomic E-state index is -2.87. The number of rotatable bonds is 35. The predicted octanol–water partition coefficient (Wildman–Crippen LogP) is 0.401. The number of ether oxygens (including phenoxy) is 8. The molecule has 2 saturated heterocycles. The first-order valence-corrected chi connectivity index (χ1v) is 26.9. The molecular weight excluding hydrogens is 992 g/mol. The number of aromatic nitrogens is 6. The molecule has 0 aliphatic carbocycles. The van der Waals surface area contributed by atoms with Gasteiger partial charge in [0.2, 0.25) is 11.1 Å². The molecule has 0 radical (unpaired) electrons. The molecule has 0 unspecified atom stereocenters. The van der Waals surface area contributed by atoms with Gasteiger partial charge in [0.1, 0.15) is 0 Å². The van der Waals surface area contributed by atoms with Crippen molar-refractivity contribution in [1.29, 1.82) is 0 Å². The summed E-state index contributed by atoms with van der Waals surface area (Å²) in [5.41, 5.74) is 7.83. The molecule has 0 bridgehead atoms. The van der Waals surface area contributed by atoms with E-state index in [0.717, 1.165) is 11.4 Å². The molecule has 2 aliphatic rings. The molecule has 4 heterocycles. The molecule has 2 fully saturated rings. The highest BCUT2D eigenvalue weighted by Crippen LogP contribution is 2.09. The van der Waals surface area contributed by atoms with Crippen LogP contribution in [0, 0.1) is 0 Å². The summed E-state index contributed by atoms with van der Waals surface area (Å²) in [6.45, 7) is 23.5. The number of amides is 1. The number of hydrogen-bond donors (Lipinski definition) is 2. The molecular formula is C44H83ClN10O14S2. The Kier molecular flexibility index (Phi) is 39.1. The molecule has 412 valence electrons. The third kappa shape index (κ3) is 36.3. The lowest BCUT2D eigenvalue weighted by molar-refractivity contribution is -0.117. The number of nitrogens with two attached hydrogens (primary N) is 1. The number of hydrogen-bond acceptors (Lipinski definition) is 21. The van der Waals surface area contributed by atoms with E-state index in [9.17, 15) is 26.4 Å². The third-order valence-electron chi connectivity index (χ3n) is 9.50. The van der Waals surface area contributed by atoms with E-state index in [1.807, 2.05) is 12.4 Å². The molecule has 2 aromatic rings. The highest BCUT2D eigenvalue weighted by atomic mass is 35.5. The molecule has 4 rings (SSSR count). The summed E-state index contributed by atoms with van der Waals surface area (Å²) in [5, 5.41) is 18.7. The van der Waals surface area contributed by atoms with Crippen molar-refractivity contribution in [2.24, 2.45) is 5.73 Å². The summed E-state index contributed by atoms with van der Waals surface area (Å²) in [4.78, 5) is 25.2. The molecule has 0 atom stereocenters. The molecule has 3 N–H and O–H groups in total. The second-order valence-electron chi connectivity index (χ2n) is 15.6. The van der Waals surface area contributed by atoms with E-state index < -0.39 is 24.9 Å². The van der Waals surface area contributed by atoms with Gasteiger partial charge in [-0.25, -0.2) is 26.2 Å². The fraction of sp³-hybridized carbons (Fsp3) is 0.773. The molecule has 71 heavy (non-hydrogen) atoms. The number of nitrogens with zero attached hydrogens (tertiary/aromatic N) is 8. The zero-order valence-electron chi connectivity index (χ0n) is 40.3. The number of allylic oxidation sites excluding steroid dienone is 1. The number of carbonyl (C=O) groups is 2. The largest absolute Gasteiger partial charge is 0.378 e. The summed E-state index contributed by atoms with van der Waals surface area (Å²) in [6.07, 6.45) is 3.74. The summed E-state index contributed by atoms with van der Waals surface area (Å²) in [7, 11) is -5.73. The van der Waals surface area contributed by atoms with E-state index in [1.165, 1.54) is 0 Å². The van der Waals surface area contributed by atoms with Crippen LogP contribution >= 0.6 is 11.6 Å². The lowest BCUT2D eigenvalue weighted by Gasteiger charge is -2.25. The molecule has 0 aromatic carbocycles. The van der Waals surface area contributed by atoms with Gasteiger partial charge in [0.25, 0.3) is 0 Å². The lowest BCUT2D eigenvalue weighted by atomic mass is 10.3. The SMILES string of the molecule is C.C.C=C(C)C(=O)Cl.C=C(C)C(=O)NCCOCCOCCOCCOCCn1cc(CN2CCS(=O)(=O)CC2)nn1.NCCOCCOCCOCCOCCn1cc(CN2CCS(=O)(=O)CC2)nn1. The van der Waals surface area contributed by atoms with Crippen molar-refractivity contribution < 1.29 is 64.3 Å². The number of halogens is 1. The molecule has 27 heteroatoms. The van der Waals surface area contributed by atoms with Crippen LogP contribution in [0.2, 0.25) is 0 Å². The van der Waals surface area contributed by atoms with E-state index >= 15 is 0 Å². The van der Waals surface area contributed by atoms with Crippen molar-refractivity contribution in [3.8, 4) is 0 Å². The Labute approximate surface area is 427 Å². The molecule has 1 amide bonds. The van der Waals surface area contributed by atoms with Gasteiger partial charge in [-0.05, 0) is 25.4 Å². The van der Waals surface area contributed by atoms with Crippen LogP contribution in [0.1, 0.15) is 40.1 Å². The van der Waals surface area contributed by atoms with Crippen LogP contribution in [0.15, 0.2) is 36.7 Å². The fourth-order valence-electron chi connectivity index (χ4n) is 5.63. The van der Waals surface area contributed by atoms with Gasteiger partial charge in [0.15, 0.2) is 19.7 Å². The van der Waals surface area contributed by atoms with Gasteiger partial charge in [-0.2, -0.15) is 0 Å². The Morgan fingerprint density at radius 2 is 0.887 bits per heavy atom. The smallest absolute Gasteiger partial charge is 0.247 e. The Hall–Kier alpha value is -3.35. The van der Waals surface area contributed by atoms with Crippen molar-refractivity contribution in [3.63, 3.8) is 0 Å². The van der Waals surface area contributed by atoms with E-state index in [4.69, 9.17) is 55.2 Å². The van der Waals surface area contributed by atoms with Gasteiger partial charge in [0.05, 0.1) is 153 Å². The van der Waals surface area contributed by atoms with Crippen molar-refractivity contribution >= 4 is 42.4 Å². The van der Waals surface area contributed by atoms with Crippen molar-refractivity contribution in [1.82, 2.24) is 45.1 Å². The fourth-order valence-corrected chi connectivity index (χ4v) is 8.18. The van der Waals surface area contributed by atoms with Crippen LogP contribution in [-0.4, -0.2) is 236 Å². The van der Waals surface area contributed by atoms with Gasteiger partial charge in [-0.15, -0.1) is 10.2 Å². The van der Waals surface area contributed by atoms with Crippen LogP contribution < -0.4 is 11.1 Å². The highest BCUT2D eigenvalue weighted by Gasteiger charge is 2.23. The first-order chi connectivity index (χ1) is 33.1. The van der Waals surface area contributed by atoms with E-state index in [-0.39, 0.29) is 43.8 Å². The summed E-state index contributed by atoms with van der Waals surface area (Å²) in [6, 6.07) is 0. The molecule has 2 aliphatic heterocycles. The Morgan fingerprint density at radius 1 is 0.577 bits per heavy atom. The van der Waals surface area contributed by atoms with E-state index in [1.54, 1.807) is 23.2 Å². The topological polar surface area (TPSA) is 282 Å². The van der Waals surface area contributed by atoms with Crippen molar-refractivity contribution in [2.45, 2.75) is 54.9 Å². The maximum atomic E-state index is 11.5. The minimum absolute atomic E-state index is 0. The molecule has 0 saturated carbocycles. The monoisotopic (exact) mass is 1070 g/mol. The van der Waals surface area contributed by atoms with Crippen molar-refractivity contribution in [2.75, 3.05) is 168 Å². The maximum absolute atomic E-state index is 11.5. The number of carbonyl (C=O) groups excluding carboxylic acids is 2. The average molecular weight is 1080 g/mol. The first-order valence-electron chi connectivity index (χ1n) is 22.8. The van der Waals surface area contributed by atoms with Crippen molar-refractivity contribution in [3.05, 3.63) is 48.1 Å². The Morgan fingerprint density at radius 3 is 1.20 bits per heavy atom. The van der Waals surface area contributed by atoms with Gasteiger partial charge in [-0.3, -0.25) is 19.4 Å². The highest BCUT2D eigenvalue weighted by molar-refractivity contribution is 7.91. The van der Waals surface area contributed by atoms with Gasteiger partial charge >= 0.3 is 0 Å². The van der Waals surface area contributed by atoms with Gasteiger partial charge in [0, 0.05) is 75.9 Å². The standard InChI is InChI=1S/C21H37N5O7S.C17H33N5O6S.C4H5ClO.2CH4/c1-19(2)21(27)22-3-7-30-9-11-32-13-14-33-12-10-31-8-4-26-18-20(23-24-26)17-25-5-15-34(28,29)16-6-25;18-1-5-25-7-9-27-11-12-28-10-8-26-6-2-22-16-17(19-20-22)15-21-3-13-29(23,24)14-4-21;1-3(2)4(5)6;;/h18H,1,3-17H2,2H3,(H,22,27);16H,1-15,18H2;1H2,2H3;2*1H4. The summed E-state index contributed by atoms with van der Waals surface area (Å²) < 4.78 is 92.6. The maximum Gasteiger partial charge on any atom is 0.247 e. The van der Waals surface area contributed by atoms with Gasteiger partial charge < -0.3 is 48.9 Å². The van der Waals surface area contributed by atoms with Crippen LogP contribution in [0.3, 0.4) is 0 Å². The normalized spacial score (nSPS) is 15.2. The zero-order chi connectivity index (χ0) is 50.6. The third-order valence-corrected chi connectivity index (χ3v) is 13.0. The Bertz CT molecular complexity index is 1920. The van der Waals surface area contributed by atoms with E-state index in [0.29, 0.717) is 182 Å². The minimum Gasteiger partial charge on any atom is -0.378 e. The number of sulfone groups is 2. The second-order valence-corrected chi connectivity index (χ2v) is 20.5.